The zero-order chi connectivity index (χ0) is 18.4. The van der Waals surface area contributed by atoms with Gasteiger partial charge in [0, 0.05) is 0 Å². The number of hydrogen-bond acceptors (Lipinski definition) is 5. The lowest BCUT2D eigenvalue weighted by Crippen LogP contribution is -2.43. The Balaban J connectivity index is 2.04. The van der Waals surface area contributed by atoms with Gasteiger partial charge in [-0.15, -0.1) is 0 Å². The first-order valence-electron chi connectivity index (χ1n) is 8.32. The van der Waals surface area contributed by atoms with Gasteiger partial charge in [0.05, 0.1) is 5.69 Å². The molecule has 0 saturated heterocycles. The van der Waals surface area contributed by atoms with Crippen LogP contribution in [0.3, 0.4) is 0 Å². The van der Waals surface area contributed by atoms with Gasteiger partial charge in [-0.05, 0) is 31.7 Å². The molecule has 0 fully saturated rings. The number of carbonyl (C=O) groups is 2. The average Bonchev–Trinajstić information content (AvgIpc) is 2.91. The second-order valence-electron chi connectivity index (χ2n) is 6.45. The summed E-state index contributed by atoms with van der Waals surface area (Å²) in [6.45, 7) is 7.51. The van der Waals surface area contributed by atoms with Crippen LogP contribution in [0.1, 0.15) is 47.6 Å². The first-order chi connectivity index (χ1) is 11.9. The molecule has 1 heterocycles. The van der Waals surface area contributed by atoms with Crippen molar-refractivity contribution >= 4 is 11.9 Å². The van der Waals surface area contributed by atoms with Gasteiger partial charge in [-0.1, -0.05) is 49.3 Å². The van der Waals surface area contributed by atoms with E-state index in [4.69, 9.17) is 9.26 Å². The smallest absolute Gasteiger partial charge is 0.328 e. The molecule has 0 bridgehead atoms. The number of carbonyl (C=O) groups excluding carboxylic acids is 2. The van der Waals surface area contributed by atoms with Crippen molar-refractivity contribution in [3.05, 3.63) is 52.9 Å². The normalized spacial score (nSPS) is 12.0. The number of esters is 1. The predicted molar refractivity (Wildman–Crippen MR) is 92.9 cm³/mol. The fourth-order valence-electron chi connectivity index (χ4n) is 2.55. The molecule has 1 aromatic heterocycles. The molecule has 25 heavy (non-hydrogen) atoms. The van der Waals surface area contributed by atoms with Gasteiger partial charge in [-0.25, -0.2) is 4.79 Å². The third-order valence-corrected chi connectivity index (χ3v) is 3.78. The van der Waals surface area contributed by atoms with Crippen molar-refractivity contribution in [1.29, 1.82) is 0 Å². The molecule has 0 spiro atoms. The van der Waals surface area contributed by atoms with E-state index in [1.165, 1.54) is 0 Å². The minimum absolute atomic E-state index is 0.176. The third kappa shape index (κ3) is 5.17. The molecular formula is C19H24N2O4. The van der Waals surface area contributed by atoms with Crippen molar-refractivity contribution < 1.29 is 18.8 Å². The molecule has 0 aliphatic rings. The molecule has 0 aliphatic heterocycles. The maximum atomic E-state index is 12.5. The molecule has 0 saturated carbocycles. The third-order valence-electron chi connectivity index (χ3n) is 3.78. The van der Waals surface area contributed by atoms with Gasteiger partial charge in [0.1, 0.15) is 24.0 Å². The number of rotatable bonds is 7. The van der Waals surface area contributed by atoms with Crippen molar-refractivity contribution in [3.63, 3.8) is 0 Å². The molecule has 2 rings (SSSR count). The predicted octanol–water partition coefficient (Wildman–Crippen LogP) is 3.18. The highest BCUT2D eigenvalue weighted by molar-refractivity contribution is 5.98. The van der Waals surface area contributed by atoms with Crippen LogP contribution in [0.4, 0.5) is 0 Å². The number of benzene rings is 1. The maximum absolute atomic E-state index is 12.5. The number of amides is 1. The quantitative estimate of drug-likeness (QED) is 0.780. The van der Waals surface area contributed by atoms with Gasteiger partial charge in [0.15, 0.2) is 0 Å². The Kier molecular flexibility index (Phi) is 6.33. The van der Waals surface area contributed by atoms with Crippen molar-refractivity contribution in [1.82, 2.24) is 10.5 Å². The molecule has 0 aliphatic carbocycles. The Morgan fingerprint density at radius 1 is 1.20 bits per heavy atom. The van der Waals surface area contributed by atoms with Gasteiger partial charge in [-0.2, -0.15) is 0 Å². The van der Waals surface area contributed by atoms with E-state index in [1.807, 2.05) is 44.2 Å². The molecule has 1 aromatic carbocycles. The maximum Gasteiger partial charge on any atom is 0.328 e. The fourth-order valence-corrected chi connectivity index (χ4v) is 2.55. The van der Waals surface area contributed by atoms with Gasteiger partial charge in [-0.3, -0.25) is 4.79 Å². The minimum atomic E-state index is -0.718. The lowest BCUT2D eigenvalue weighted by molar-refractivity contribution is -0.147. The van der Waals surface area contributed by atoms with Crippen molar-refractivity contribution in [2.24, 2.45) is 5.92 Å². The van der Waals surface area contributed by atoms with Crippen LogP contribution in [0.2, 0.25) is 0 Å². The summed E-state index contributed by atoms with van der Waals surface area (Å²) in [6, 6.07) is 8.71. The molecule has 6 heteroatoms. The summed E-state index contributed by atoms with van der Waals surface area (Å²) in [7, 11) is 0. The van der Waals surface area contributed by atoms with E-state index in [0.29, 0.717) is 23.4 Å². The summed E-state index contributed by atoms with van der Waals surface area (Å²) >= 11 is 0. The van der Waals surface area contributed by atoms with Crippen LogP contribution in [0.5, 0.6) is 0 Å². The fraction of sp³-hybridized carbons (Fsp3) is 0.421. The van der Waals surface area contributed by atoms with Crippen LogP contribution < -0.4 is 5.32 Å². The topological polar surface area (TPSA) is 81.4 Å². The van der Waals surface area contributed by atoms with Crippen molar-refractivity contribution in [2.45, 2.75) is 46.8 Å². The highest BCUT2D eigenvalue weighted by atomic mass is 16.5. The number of hydrogen-bond donors (Lipinski definition) is 1. The first kappa shape index (κ1) is 18.7. The number of aromatic nitrogens is 1. The Morgan fingerprint density at radius 3 is 2.44 bits per heavy atom. The Bertz CT molecular complexity index is 703. The van der Waals surface area contributed by atoms with E-state index in [-0.39, 0.29) is 18.4 Å². The largest absolute Gasteiger partial charge is 0.459 e. The summed E-state index contributed by atoms with van der Waals surface area (Å²) in [5, 5.41) is 6.53. The highest BCUT2D eigenvalue weighted by Crippen LogP contribution is 2.14. The van der Waals surface area contributed by atoms with Gasteiger partial charge >= 0.3 is 5.97 Å². The highest BCUT2D eigenvalue weighted by Gasteiger charge is 2.26. The van der Waals surface area contributed by atoms with Gasteiger partial charge in [0.2, 0.25) is 0 Å². The van der Waals surface area contributed by atoms with E-state index >= 15 is 0 Å². The zero-order valence-corrected chi connectivity index (χ0v) is 15.0. The molecule has 6 nitrogen and oxygen atoms in total. The molecule has 0 unspecified atom stereocenters. The summed E-state index contributed by atoms with van der Waals surface area (Å²) < 4.78 is 10.4. The average molecular weight is 344 g/mol. The molecular weight excluding hydrogens is 320 g/mol. The Labute approximate surface area is 147 Å². The van der Waals surface area contributed by atoms with Crippen molar-refractivity contribution in [2.75, 3.05) is 0 Å². The van der Waals surface area contributed by atoms with Crippen LogP contribution in [0, 0.1) is 19.8 Å². The second kappa shape index (κ2) is 8.46. The lowest BCUT2D eigenvalue weighted by atomic mass is 10.0. The first-order valence-corrected chi connectivity index (χ1v) is 8.32. The number of aryl methyl sites for hydroxylation is 2. The van der Waals surface area contributed by atoms with E-state index in [9.17, 15) is 9.59 Å². The Hall–Kier alpha value is -2.63. The number of nitrogens with zero attached hydrogens (tertiary/aromatic N) is 1. The molecule has 1 amide bonds. The minimum Gasteiger partial charge on any atom is -0.459 e. The molecule has 0 radical (unpaired) electrons. The van der Waals surface area contributed by atoms with Crippen LogP contribution in [-0.4, -0.2) is 23.1 Å². The van der Waals surface area contributed by atoms with Gasteiger partial charge < -0.3 is 14.6 Å². The molecule has 1 atom stereocenters. The van der Waals surface area contributed by atoms with Gasteiger partial charge in [0.25, 0.3) is 5.91 Å². The summed E-state index contributed by atoms with van der Waals surface area (Å²) in [4.78, 5) is 25.0. The molecule has 134 valence electrons. The van der Waals surface area contributed by atoms with Crippen LogP contribution in [0.15, 0.2) is 34.9 Å². The lowest BCUT2D eigenvalue weighted by Gasteiger charge is -2.19. The molecule has 2 aromatic rings. The van der Waals surface area contributed by atoms with Crippen molar-refractivity contribution in [3.8, 4) is 0 Å². The molecule has 1 N–H and O–H groups in total. The SMILES string of the molecule is Cc1noc(C)c1C(=O)N[C@@H](CC(C)C)C(=O)OCc1ccccc1. The number of ether oxygens (including phenoxy) is 1. The van der Waals surface area contributed by atoms with E-state index in [1.54, 1.807) is 13.8 Å². The van der Waals surface area contributed by atoms with E-state index in [2.05, 4.69) is 10.5 Å². The zero-order valence-electron chi connectivity index (χ0n) is 15.0. The van der Waals surface area contributed by atoms with Crippen LogP contribution in [-0.2, 0) is 16.1 Å². The standard InChI is InChI=1S/C19H24N2O4/c1-12(2)10-16(19(23)24-11-15-8-6-5-7-9-15)20-18(22)17-13(3)21-25-14(17)4/h5-9,12,16H,10-11H2,1-4H3,(H,20,22)/t16-/m0/s1. The Morgan fingerprint density at radius 2 is 1.88 bits per heavy atom. The second-order valence-corrected chi connectivity index (χ2v) is 6.45. The monoisotopic (exact) mass is 344 g/mol. The van der Waals surface area contributed by atoms with Crippen LogP contribution >= 0.6 is 0 Å². The van der Waals surface area contributed by atoms with E-state index in [0.717, 1.165) is 5.56 Å². The van der Waals surface area contributed by atoms with E-state index < -0.39 is 12.0 Å². The number of nitrogens with one attached hydrogen (secondary N) is 1. The summed E-state index contributed by atoms with van der Waals surface area (Å²) in [5.41, 5.74) is 1.76. The summed E-state index contributed by atoms with van der Waals surface area (Å²) in [5.74, 6) is -0.175. The summed E-state index contributed by atoms with van der Waals surface area (Å²) in [6.07, 6.45) is 0.489. The van der Waals surface area contributed by atoms with Crippen LogP contribution in [0.25, 0.3) is 0 Å².